The number of hydrogen-bond acceptors (Lipinski definition) is 3. The Labute approximate surface area is 103 Å². The van der Waals surface area contributed by atoms with Gasteiger partial charge in [-0.1, -0.05) is 16.7 Å². The minimum absolute atomic E-state index is 0.190. The first kappa shape index (κ1) is 11.5. The van der Waals surface area contributed by atoms with Crippen LogP contribution in [0.15, 0.2) is 29.4 Å². The number of aromatic nitrogens is 1. The maximum absolute atomic E-state index is 8.29. The Morgan fingerprint density at radius 1 is 1.47 bits per heavy atom. The topological polar surface area (TPSA) is 70.9 Å². The van der Waals surface area contributed by atoms with Gasteiger partial charge in [-0.15, -0.1) is 0 Å². The molecule has 2 aromatic rings. The van der Waals surface area contributed by atoms with Crippen LogP contribution in [-0.2, 0) is 6.54 Å². The molecule has 2 rings (SSSR count). The number of halogens is 1. The molecule has 0 saturated carbocycles. The van der Waals surface area contributed by atoms with E-state index in [0.717, 1.165) is 16.7 Å². The first-order chi connectivity index (χ1) is 8.24. The van der Waals surface area contributed by atoms with Gasteiger partial charge in [0.15, 0.2) is 0 Å². The van der Waals surface area contributed by atoms with Crippen LogP contribution in [0.4, 0.5) is 0 Å². The van der Waals surface area contributed by atoms with Gasteiger partial charge in [0.1, 0.15) is 10.9 Å². The van der Waals surface area contributed by atoms with E-state index in [1.807, 2.05) is 24.3 Å². The minimum atomic E-state index is 0.190. The maximum Gasteiger partial charge on any atom is 0.133 e. The second-order valence-electron chi connectivity index (χ2n) is 3.39. The van der Waals surface area contributed by atoms with Gasteiger partial charge in [-0.05, 0) is 35.4 Å². The predicted molar refractivity (Wildman–Crippen MR) is 66.2 cm³/mol. The van der Waals surface area contributed by atoms with Crippen LogP contribution in [0.5, 0.6) is 5.75 Å². The van der Waals surface area contributed by atoms with Crippen LogP contribution in [0.2, 0.25) is 5.15 Å². The zero-order chi connectivity index (χ0) is 12.3. The molecular formula is C11H9ClN4O. The molecule has 5 nitrogen and oxygen atoms in total. The summed E-state index contributed by atoms with van der Waals surface area (Å²) in [6, 6.07) is 7.36. The molecule has 0 aliphatic rings. The Morgan fingerprint density at radius 2 is 2.29 bits per heavy atom. The quantitative estimate of drug-likeness (QED) is 0.359. The molecule has 0 atom stereocenters. The molecule has 6 heteroatoms. The summed E-state index contributed by atoms with van der Waals surface area (Å²) >= 11 is 5.99. The van der Waals surface area contributed by atoms with Crippen molar-refractivity contribution >= 4 is 22.5 Å². The smallest absolute Gasteiger partial charge is 0.133 e. The van der Waals surface area contributed by atoms with E-state index < -0.39 is 0 Å². The van der Waals surface area contributed by atoms with Gasteiger partial charge in [-0.3, -0.25) is 0 Å². The molecule has 1 aromatic carbocycles. The van der Waals surface area contributed by atoms with Gasteiger partial charge < -0.3 is 4.74 Å². The fourth-order valence-electron chi connectivity index (χ4n) is 1.52. The fraction of sp³-hybridized carbons (Fsp3) is 0.182. The molecule has 0 unspecified atom stereocenters. The van der Waals surface area contributed by atoms with Crippen molar-refractivity contribution in [3.63, 3.8) is 0 Å². The number of benzene rings is 1. The number of ether oxygens (including phenoxy) is 1. The molecule has 0 amide bonds. The van der Waals surface area contributed by atoms with Gasteiger partial charge in [0, 0.05) is 10.3 Å². The second-order valence-corrected chi connectivity index (χ2v) is 3.74. The lowest BCUT2D eigenvalue weighted by atomic mass is 10.1. The number of methoxy groups -OCH3 is 1. The first-order valence-electron chi connectivity index (χ1n) is 4.88. The van der Waals surface area contributed by atoms with E-state index in [9.17, 15) is 0 Å². The largest absolute Gasteiger partial charge is 0.497 e. The van der Waals surface area contributed by atoms with Gasteiger partial charge in [0.05, 0.1) is 19.2 Å². The number of fused-ring (bicyclic) bond motifs is 1. The Kier molecular flexibility index (Phi) is 3.32. The number of azide groups is 1. The molecule has 0 aliphatic heterocycles. The first-order valence-corrected chi connectivity index (χ1v) is 5.26. The summed E-state index contributed by atoms with van der Waals surface area (Å²) in [6.45, 7) is 0.190. The van der Waals surface area contributed by atoms with Crippen molar-refractivity contribution in [3.8, 4) is 5.75 Å². The van der Waals surface area contributed by atoms with E-state index >= 15 is 0 Å². The molecule has 86 valence electrons. The van der Waals surface area contributed by atoms with Crippen LogP contribution in [0, 0.1) is 0 Å². The van der Waals surface area contributed by atoms with Gasteiger partial charge in [0.2, 0.25) is 0 Å². The molecule has 17 heavy (non-hydrogen) atoms. The zero-order valence-corrected chi connectivity index (χ0v) is 9.85. The summed E-state index contributed by atoms with van der Waals surface area (Å²) in [4.78, 5) is 6.93. The molecular weight excluding hydrogens is 240 g/mol. The third kappa shape index (κ3) is 2.41. The van der Waals surface area contributed by atoms with Crippen LogP contribution in [-0.4, -0.2) is 12.1 Å². The van der Waals surface area contributed by atoms with E-state index in [-0.39, 0.29) is 6.54 Å². The zero-order valence-electron chi connectivity index (χ0n) is 9.09. The van der Waals surface area contributed by atoms with Gasteiger partial charge >= 0.3 is 0 Å². The van der Waals surface area contributed by atoms with Crippen molar-refractivity contribution in [1.29, 1.82) is 0 Å². The molecule has 0 saturated heterocycles. The summed E-state index contributed by atoms with van der Waals surface area (Å²) in [6.07, 6.45) is 0. The van der Waals surface area contributed by atoms with Crippen LogP contribution in [0.1, 0.15) is 5.56 Å². The lowest BCUT2D eigenvalue weighted by molar-refractivity contribution is 0.415. The summed E-state index contributed by atoms with van der Waals surface area (Å²) < 4.78 is 5.13. The highest BCUT2D eigenvalue weighted by Crippen LogP contribution is 2.24. The lowest BCUT2D eigenvalue weighted by Crippen LogP contribution is -1.90. The average molecular weight is 249 g/mol. The normalized spacial score (nSPS) is 10.0. The third-order valence-corrected chi connectivity index (χ3v) is 2.68. The van der Waals surface area contributed by atoms with E-state index in [1.54, 1.807) is 7.11 Å². The molecule has 1 aromatic heterocycles. The van der Waals surface area contributed by atoms with Gasteiger partial charge in [0.25, 0.3) is 0 Å². The monoisotopic (exact) mass is 248 g/mol. The van der Waals surface area contributed by atoms with E-state index in [2.05, 4.69) is 15.0 Å². The lowest BCUT2D eigenvalue weighted by Gasteiger charge is -2.05. The van der Waals surface area contributed by atoms with Crippen molar-refractivity contribution in [1.82, 2.24) is 4.98 Å². The summed E-state index contributed by atoms with van der Waals surface area (Å²) in [5.41, 5.74) is 9.77. The average Bonchev–Trinajstić information content (AvgIpc) is 2.35. The Bertz CT molecular complexity index is 608. The maximum atomic E-state index is 8.29. The van der Waals surface area contributed by atoms with Gasteiger partial charge in [-0.2, -0.15) is 0 Å². The molecule has 0 aliphatic carbocycles. The third-order valence-electron chi connectivity index (χ3n) is 2.35. The molecule has 0 fully saturated rings. The second kappa shape index (κ2) is 4.91. The van der Waals surface area contributed by atoms with Crippen LogP contribution < -0.4 is 4.74 Å². The van der Waals surface area contributed by atoms with Crippen LogP contribution in [0.3, 0.4) is 0 Å². The molecule has 0 N–H and O–H groups in total. The van der Waals surface area contributed by atoms with Crippen molar-refractivity contribution in [2.45, 2.75) is 6.54 Å². The van der Waals surface area contributed by atoms with Crippen LogP contribution >= 0.6 is 11.6 Å². The summed E-state index contributed by atoms with van der Waals surface area (Å²) in [7, 11) is 1.60. The Morgan fingerprint density at radius 3 is 3.00 bits per heavy atom. The van der Waals surface area contributed by atoms with Crippen LogP contribution in [0.25, 0.3) is 21.3 Å². The number of hydrogen-bond donors (Lipinski definition) is 0. The highest BCUT2D eigenvalue weighted by Gasteiger charge is 2.05. The van der Waals surface area contributed by atoms with Crippen molar-refractivity contribution < 1.29 is 4.74 Å². The van der Waals surface area contributed by atoms with Gasteiger partial charge in [-0.25, -0.2) is 4.98 Å². The number of rotatable bonds is 3. The molecule has 1 heterocycles. The number of pyridine rings is 1. The Hall–Kier alpha value is -1.97. The standard InChI is InChI=1S/C11H9ClN4O/c1-17-9-2-3-10-7(5-9)4-8(6-14-16-13)11(12)15-10/h2-5H,6H2,1H3. The van der Waals surface area contributed by atoms with Crippen molar-refractivity contribution in [2.75, 3.05) is 7.11 Å². The van der Waals surface area contributed by atoms with E-state index in [4.69, 9.17) is 21.9 Å². The van der Waals surface area contributed by atoms with E-state index in [0.29, 0.717) is 10.7 Å². The SMILES string of the molecule is COc1ccc2nc(Cl)c(CN=[N+]=[N-])cc2c1. The van der Waals surface area contributed by atoms with Crippen molar-refractivity contribution in [2.24, 2.45) is 5.11 Å². The highest BCUT2D eigenvalue weighted by molar-refractivity contribution is 6.30. The number of nitrogens with zero attached hydrogens (tertiary/aromatic N) is 4. The Balaban J connectivity index is 2.55. The minimum Gasteiger partial charge on any atom is -0.497 e. The fourth-order valence-corrected chi connectivity index (χ4v) is 1.73. The summed E-state index contributed by atoms with van der Waals surface area (Å²) in [5.74, 6) is 0.747. The molecule has 0 spiro atoms. The highest BCUT2D eigenvalue weighted by atomic mass is 35.5. The molecule has 0 radical (unpaired) electrons. The molecule has 0 bridgehead atoms. The predicted octanol–water partition coefficient (Wildman–Crippen LogP) is 3.71. The van der Waals surface area contributed by atoms with E-state index in [1.165, 1.54) is 0 Å². The van der Waals surface area contributed by atoms with Crippen molar-refractivity contribution in [3.05, 3.63) is 45.4 Å². The summed E-state index contributed by atoms with van der Waals surface area (Å²) in [5, 5.41) is 4.73.